The smallest absolute Gasteiger partial charge is 0.494 e. The minimum absolute atomic E-state index is 0.0142. The summed E-state index contributed by atoms with van der Waals surface area (Å²) in [6, 6.07) is 3.07. The van der Waals surface area contributed by atoms with Gasteiger partial charge in [-0.15, -0.1) is 0 Å². The molecule has 1 aliphatic rings. The van der Waals surface area contributed by atoms with Crippen molar-refractivity contribution >= 4 is 23.6 Å². The van der Waals surface area contributed by atoms with E-state index in [1.165, 1.54) is 20.3 Å². The summed E-state index contributed by atoms with van der Waals surface area (Å²) in [7, 11) is 2.06. The van der Waals surface area contributed by atoms with E-state index in [9.17, 15) is 8.78 Å². The Labute approximate surface area is 180 Å². The lowest BCUT2D eigenvalue weighted by molar-refractivity contribution is 0.00578. The maximum atomic E-state index is 14.9. The third-order valence-corrected chi connectivity index (χ3v) is 6.20. The molecule has 4 rings (SSSR count). The van der Waals surface area contributed by atoms with Crippen LogP contribution in [0.3, 0.4) is 0 Å². The Kier molecular flexibility index (Phi) is 5.22. The molecular formula is C22H25BF2N2O4. The third-order valence-electron chi connectivity index (χ3n) is 6.20. The van der Waals surface area contributed by atoms with Crippen molar-refractivity contribution in [3.8, 4) is 11.5 Å². The summed E-state index contributed by atoms with van der Waals surface area (Å²) in [6.45, 7) is 7.90. The molecule has 1 saturated heterocycles. The number of hydrogen-bond donors (Lipinski definition) is 1. The molecule has 0 aliphatic carbocycles. The summed E-state index contributed by atoms with van der Waals surface area (Å²) < 4.78 is 52.0. The Balaban J connectivity index is 1.74. The summed E-state index contributed by atoms with van der Waals surface area (Å²) in [4.78, 5) is 7.50. The van der Waals surface area contributed by atoms with Gasteiger partial charge in [0.2, 0.25) is 0 Å². The summed E-state index contributed by atoms with van der Waals surface area (Å²) in [5.74, 6) is -1.68. The van der Waals surface area contributed by atoms with Gasteiger partial charge in [-0.2, -0.15) is 0 Å². The van der Waals surface area contributed by atoms with Gasteiger partial charge in [-0.3, -0.25) is 0 Å². The van der Waals surface area contributed by atoms with Crippen LogP contribution < -0.4 is 14.9 Å². The summed E-state index contributed by atoms with van der Waals surface area (Å²) >= 11 is 0. The summed E-state index contributed by atoms with van der Waals surface area (Å²) in [5, 5.41) is 0.729. The van der Waals surface area contributed by atoms with Crippen molar-refractivity contribution < 1.29 is 27.6 Å². The van der Waals surface area contributed by atoms with Crippen LogP contribution in [0.2, 0.25) is 0 Å². The number of rotatable bonds is 5. The van der Waals surface area contributed by atoms with Crippen LogP contribution in [-0.2, 0) is 15.7 Å². The van der Waals surface area contributed by atoms with E-state index in [2.05, 4.69) is 9.97 Å². The van der Waals surface area contributed by atoms with Gasteiger partial charge in [0.1, 0.15) is 5.65 Å². The normalized spacial score (nSPS) is 17.4. The predicted molar refractivity (Wildman–Crippen MR) is 114 cm³/mol. The number of aromatic amines is 1. The van der Waals surface area contributed by atoms with Gasteiger partial charge in [-0.1, -0.05) is 0 Å². The molecule has 0 bridgehead atoms. The topological polar surface area (TPSA) is 65.6 Å². The van der Waals surface area contributed by atoms with Crippen LogP contribution in [0, 0.1) is 11.6 Å². The number of halogens is 2. The number of H-pyrrole nitrogens is 1. The molecule has 0 amide bonds. The fourth-order valence-corrected chi connectivity index (χ4v) is 3.61. The maximum Gasteiger partial charge on any atom is 0.496 e. The molecule has 6 nitrogen and oxygen atoms in total. The summed E-state index contributed by atoms with van der Waals surface area (Å²) in [6.07, 6.45) is 3.36. The highest BCUT2D eigenvalue weighted by molar-refractivity contribution is 6.62. The van der Waals surface area contributed by atoms with Crippen molar-refractivity contribution in [1.29, 1.82) is 0 Å². The van der Waals surface area contributed by atoms with E-state index in [1.54, 1.807) is 12.4 Å². The number of aromatic nitrogens is 2. The van der Waals surface area contributed by atoms with Crippen molar-refractivity contribution in [3.63, 3.8) is 0 Å². The second kappa shape index (κ2) is 7.49. The number of methoxy groups -OCH3 is 2. The van der Waals surface area contributed by atoms with Crippen LogP contribution in [0.25, 0.3) is 11.0 Å². The van der Waals surface area contributed by atoms with E-state index in [1.807, 2.05) is 33.8 Å². The molecular weight excluding hydrogens is 405 g/mol. The number of hydrogen-bond acceptors (Lipinski definition) is 5. The van der Waals surface area contributed by atoms with E-state index in [0.717, 1.165) is 10.8 Å². The van der Waals surface area contributed by atoms with Crippen molar-refractivity contribution in [2.75, 3.05) is 14.2 Å². The second-order valence-corrected chi connectivity index (χ2v) is 8.63. The Morgan fingerprint density at radius 2 is 1.58 bits per heavy atom. The summed E-state index contributed by atoms with van der Waals surface area (Å²) in [5.41, 5.74) is 0.891. The minimum Gasteiger partial charge on any atom is -0.494 e. The molecule has 1 fully saturated rings. The maximum absolute atomic E-state index is 14.9. The highest BCUT2D eigenvalue weighted by Gasteiger charge is 2.51. The molecule has 164 valence electrons. The van der Waals surface area contributed by atoms with Crippen LogP contribution in [0.4, 0.5) is 8.78 Å². The van der Waals surface area contributed by atoms with Gasteiger partial charge in [-0.25, -0.2) is 13.8 Å². The first kappa shape index (κ1) is 21.6. The van der Waals surface area contributed by atoms with Gasteiger partial charge in [0.25, 0.3) is 0 Å². The number of nitrogens with one attached hydrogen (secondary N) is 1. The molecule has 0 spiro atoms. The van der Waals surface area contributed by atoms with E-state index in [-0.39, 0.29) is 23.5 Å². The Hall–Kier alpha value is -2.65. The molecule has 1 N–H and O–H groups in total. The average molecular weight is 430 g/mol. The zero-order chi connectivity index (χ0) is 22.6. The lowest BCUT2D eigenvalue weighted by atomic mass is 9.79. The number of nitrogens with zero attached hydrogens (tertiary/aromatic N) is 1. The fourth-order valence-electron chi connectivity index (χ4n) is 3.61. The monoisotopic (exact) mass is 430 g/mol. The second-order valence-electron chi connectivity index (χ2n) is 8.63. The largest absolute Gasteiger partial charge is 0.496 e. The SMILES string of the molecule is COc1cc(OC)c(F)c(Cc2c[nH]c3ncc(B4OC(C)(C)C(C)(C)O4)cc23)c1F. The molecule has 0 saturated carbocycles. The molecule has 0 unspecified atom stereocenters. The van der Waals surface area contributed by atoms with Gasteiger partial charge < -0.3 is 23.8 Å². The van der Waals surface area contributed by atoms with Crippen LogP contribution in [0.5, 0.6) is 11.5 Å². The number of pyridine rings is 1. The zero-order valence-electron chi connectivity index (χ0n) is 18.4. The lowest BCUT2D eigenvalue weighted by Gasteiger charge is -2.32. The van der Waals surface area contributed by atoms with Gasteiger partial charge in [0.05, 0.1) is 25.4 Å². The number of ether oxygens (including phenoxy) is 2. The highest BCUT2D eigenvalue weighted by atomic mass is 19.1. The molecule has 31 heavy (non-hydrogen) atoms. The Morgan fingerprint density at radius 1 is 1.00 bits per heavy atom. The molecule has 2 aromatic heterocycles. The first-order valence-corrected chi connectivity index (χ1v) is 9.98. The van der Waals surface area contributed by atoms with Crippen molar-refractivity contribution in [1.82, 2.24) is 9.97 Å². The average Bonchev–Trinajstić information content (AvgIpc) is 3.21. The predicted octanol–water partition coefficient (Wildman–Crippen LogP) is 3.75. The third kappa shape index (κ3) is 3.55. The Morgan fingerprint density at radius 3 is 2.13 bits per heavy atom. The van der Waals surface area contributed by atoms with E-state index < -0.39 is 30.0 Å². The molecule has 0 atom stereocenters. The highest BCUT2D eigenvalue weighted by Crippen LogP contribution is 2.37. The molecule has 0 radical (unpaired) electrons. The Bertz CT molecular complexity index is 1100. The first-order valence-electron chi connectivity index (χ1n) is 9.98. The fraction of sp³-hybridized carbons (Fsp3) is 0.409. The molecule has 9 heteroatoms. The van der Waals surface area contributed by atoms with Crippen molar-refractivity contribution in [2.24, 2.45) is 0 Å². The standard InChI is InChI=1S/C22H25BF2N2O4/c1-21(2)22(3,4)31-23(30-21)13-8-14-12(10-26-20(14)27-11-13)7-15-18(24)16(28-5)9-17(29-6)19(15)25/h8-11H,7H2,1-6H3,(H,26,27). The quantitative estimate of drug-likeness (QED) is 0.625. The van der Waals surface area contributed by atoms with Gasteiger partial charge in [-0.05, 0) is 39.3 Å². The lowest BCUT2D eigenvalue weighted by Crippen LogP contribution is -2.41. The van der Waals surface area contributed by atoms with Crippen molar-refractivity contribution in [3.05, 3.63) is 47.3 Å². The molecule has 3 aromatic rings. The number of fused-ring (bicyclic) bond motifs is 1. The first-order chi connectivity index (χ1) is 14.6. The minimum atomic E-state index is -0.759. The zero-order valence-corrected chi connectivity index (χ0v) is 18.4. The van der Waals surface area contributed by atoms with E-state index in [0.29, 0.717) is 11.2 Å². The van der Waals surface area contributed by atoms with E-state index >= 15 is 0 Å². The molecule has 3 heterocycles. The van der Waals surface area contributed by atoms with Gasteiger partial charge in [0, 0.05) is 41.3 Å². The number of benzene rings is 1. The van der Waals surface area contributed by atoms with Gasteiger partial charge >= 0.3 is 7.12 Å². The van der Waals surface area contributed by atoms with Crippen molar-refractivity contribution in [2.45, 2.75) is 45.3 Å². The van der Waals surface area contributed by atoms with Crippen LogP contribution >= 0.6 is 0 Å². The van der Waals surface area contributed by atoms with Crippen LogP contribution in [0.1, 0.15) is 38.8 Å². The molecule has 1 aromatic carbocycles. The van der Waals surface area contributed by atoms with E-state index in [4.69, 9.17) is 18.8 Å². The van der Waals surface area contributed by atoms with Gasteiger partial charge in [0.15, 0.2) is 23.1 Å². The molecule has 1 aliphatic heterocycles. The van der Waals surface area contributed by atoms with Crippen LogP contribution in [-0.4, -0.2) is 42.5 Å². The van der Waals surface area contributed by atoms with Crippen LogP contribution in [0.15, 0.2) is 24.5 Å².